The van der Waals surface area contributed by atoms with Crippen LogP contribution in [-0.2, 0) is 26.2 Å². The molecule has 0 amide bonds. The molecule has 1 heteroatoms. The zero-order valence-electron chi connectivity index (χ0n) is 14.1. The molecular formula is C22H24Zr. The third-order valence-electron chi connectivity index (χ3n) is 3.50. The number of allylic oxidation sites excluding steroid dienone is 3. The second kappa shape index (κ2) is 11.4. The topological polar surface area (TPSA) is 0 Å². The average Bonchev–Trinajstić information content (AvgIpc) is 2.58. The minimum absolute atomic E-state index is 0. The molecule has 2 aromatic carbocycles. The van der Waals surface area contributed by atoms with E-state index in [4.69, 9.17) is 0 Å². The van der Waals surface area contributed by atoms with E-state index in [0.29, 0.717) is 0 Å². The van der Waals surface area contributed by atoms with Gasteiger partial charge in [0.2, 0.25) is 0 Å². The van der Waals surface area contributed by atoms with Gasteiger partial charge in [0.1, 0.15) is 0 Å². The molecule has 0 radical (unpaired) electrons. The summed E-state index contributed by atoms with van der Waals surface area (Å²) in [4.78, 5) is 0. The van der Waals surface area contributed by atoms with Crippen LogP contribution in [0.5, 0.6) is 0 Å². The van der Waals surface area contributed by atoms with Crippen LogP contribution in [0.4, 0.5) is 0 Å². The normalized spacial score (nSPS) is 11.9. The van der Waals surface area contributed by atoms with Crippen LogP contribution >= 0.6 is 0 Å². The Morgan fingerprint density at radius 2 is 1.43 bits per heavy atom. The number of rotatable bonds is 7. The van der Waals surface area contributed by atoms with Gasteiger partial charge in [0.05, 0.1) is 0 Å². The molecule has 0 heterocycles. The molecule has 0 bridgehead atoms. The summed E-state index contributed by atoms with van der Waals surface area (Å²) in [5.74, 6) is 0. The van der Waals surface area contributed by atoms with E-state index >= 15 is 0 Å². The molecule has 0 fully saturated rings. The smallest absolute Gasteiger partial charge is 0.313 e. The van der Waals surface area contributed by atoms with Crippen molar-refractivity contribution in [2.24, 2.45) is 0 Å². The van der Waals surface area contributed by atoms with Gasteiger partial charge in [-0.25, -0.2) is 6.08 Å². The van der Waals surface area contributed by atoms with Gasteiger partial charge in [-0.05, 0) is 0 Å². The number of hydrogen-bond donors (Lipinski definition) is 0. The van der Waals surface area contributed by atoms with Crippen LogP contribution < -0.4 is 0 Å². The van der Waals surface area contributed by atoms with Gasteiger partial charge in [-0.15, -0.1) is 36.2 Å². The molecule has 0 aromatic heterocycles. The van der Waals surface area contributed by atoms with E-state index in [1.165, 1.54) is 16.7 Å². The molecule has 0 atom stereocenters. The molecule has 0 aliphatic carbocycles. The Balaban J connectivity index is 0.00000264. The van der Waals surface area contributed by atoms with Crippen molar-refractivity contribution in [1.29, 1.82) is 0 Å². The summed E-state index contributed by atoms with van der Waals surface area (Å²) >= 11 is 0. The third-order valence-corrected chi connectivity index (χ3v) is 3.50. The molecule has 0 aliphatic heterocycles. The van der Waals surface area contributed by atoms with Crippen LogP contribution in [0.15, 0.2) is 66.2 Å². The van der Waals surface area contributed by atoms with E-state index in [1.807, 2.05) is 6.07 Å². The van der Waals surface area contributed by atoms with Gasteiger partial charge < -0.3 is 6.08 Å². The van der Waals surface area contributed by atoms with E-state index in [9.17, 15) is 0 Å². The van der Waals surface area contributed by atoms with Crippen LogP contribution in [-0.4, -0.2) is 0 Å². The van der Waals surface area contributed by atoms with Gasteiger partial charge in [-0.3, -0.25) is 11.1 Å². The van der Waals surface area contributed by atoms with Gasteiger partial charge in [-0.1, -0.05) is 69.5 Å². The summed E-state index contributed by atoms with van der Waals surface area (Å²) in [6, 6.07) is 20.9. The first-order chi connectivity index (χ1) is 10.8. The molecule has 23 heavy (non-hydrogen) atoms. The minimum Gasteiger partial charge on any atom is -0.313 e. The first-order valence-electron chi connectivity index (χ1n) is 8.19. The Hall–Kier alpha value is -1.20. The van der Waals surface area contributed by atoms with E-state index in [0.717, 1.165) is 31.2 Å². The van der Waals surface area contributed by atoms with Crippen LogP contribution in [0, 0.1) is 12.2 Å². The molecule has 0 unspecified atom stereocenters. The Kier molecular flexibility index (Phi) is 9.80. The van der Waals surface area contributed by atoms with Crippen molar-refractivity contribution in [1.82, 2.24) is 0 Å². The fourth-order valence-corrected chi connectivity index (χ4v) is 2.42. The maximum atomic E-state index is 3.61. The van der Waals surface area contributed by atoms with Crippen LogP contribution in [0.25, 0.3) is 5.57 Å². The fourth-order valence-electron chi connectivity index (χ4n) is 2.42. The molecule has 0 nitrogen and oxygen atoms in total. The number of unbranched alkanes of at least 4 members (excludes halogenated alkanes) is 1. The summed E-state index contributed by atoms with van der Waals surface area (Å²) in [5, 5.41) is 0. The largest absolute Gasteiger partial charge is 2.00 e. The quantitative estimate of drug-likeness (QED) is 0.303. The Labute approximate surface area is 160 Å². The van der Waals surface area contributed by atoms with E-state index < -0.39 is 0 Å². The van der Waals surface area contributed by atoms with Crippen LogP contribution in [0.1, 0.15) is 50.7 Å². The number of hydrogen-bond acceptors (Lipinski definition) is 0. The van der Waals surface area contributed by atoms with Crippen molar-refractivity contribution in [2.45, 2.75) is 39.5 Å². The van der Waals surface area contributed by atoms with Crippen molar-refractivity contribution in [3.05, 3.63) is 89.5 Å². The van der Waals surface area contributed by atoms with Crippen molar-refractivity contribution in [3.63, 3.8) is 0 Å². The van der Waals surface area contributed by atoms with Gasteiger partial charge in [-0.2, -0.15) is 5.56 Å². The van der Waals surface area contributed by atoms with E-state index in [1.54, 1.807) is 0 Å². The van der Waals surface area contributed by atoms with Crippen molar-refractivity contribution < 1.29 is 26.2 Å². The summed E-state index contributed by atoms with van der Waals surface area (Å²) in [5.41, 5.74) is 4.81. The fraction of sp³-hybridized carbons (Fsp3) is 0.273. The van der Waals surface area contributed by atoms with Crippen LogP contribution in [0.3, 0.4) is 0 Å². The van der Waals surface area contributed by atoms with E-state index in [2.05, 4.69) is 80.6 Å². The third kappa shape index (κ3) is 6.44. The minimum atomic E-state index is 0. The van der Waals surface area contributed by atoms with Crippen molar-refractivity contribution >= 4 is 5.57 Å². The summed E-state index contributed by atoms with van der Waals surface area (Å²) < 4.78 is 0. The molecule has 0 aliphatic rings. The monoisotopic (exact) mass is 378 g/mol. The predicted molar refractivity (Wildman–Crippen MR) is 95.2 cm³/mol. The first-order valence-corrected chi connectivity index (χ1v) is 8.19. The van der Waals surface area contributed by atoms with Crippen LogP contribution in [0.2, 0.25) is 0 Å². The molecule has 116 valence electrons. The molecular weight excluding hydrogens is 355 g/mol. The van der Waals surface area contributed by atoms with E-state index in [-0.39, 0.29) is 26.2 Å². The molecule has 0 saturated carbocycles. The SMILES string of the molecule is CCC[C-]=C(CCC)C(=[C-]c1ccccc1)c1ccccc1.[Zr+2]. The van der Waals surface area contributed by atoms with Crippen molar-refractivity contribution in [3.8, 4) is 0 Å². The Morgan fingerprint density at radius 3 is 2.00 bits per heavy atom. The van der Waals surface area contributed by atoms with Gasteiger partial charge in [0.25, 0.3) is 0 Å². The molecule has 2 aromatic rings. The molecule has 0 saturated heterocycles. The maximum Gasteiger partial charge on any atom is 2.00 e. The molecule has 2 rings (SSSR count). The summed E-state index contributed by atoms with van der Waals surface area (Å²) in [6.07, 6.45) is 11.5. The zero-order chi connectivity index (χ0) is 15.6. The average molecular weight is 380 g/mol. The number of benzene rings is 2. The van der Waals surface area contributed by atoms with Gasteiger partial charge in [0, 0.05) is 0 Å². The van der Waals surface area contributed by atoms with Crippen molar-refractivity contribution in [2.75, 3.05) is 0 Å². The standard InChI is InChI=1S/C22H24.Zr/c1-3-5-15-20(12-4-2)22(21-16-10-7-11-17-21)18-19-13-8-6-9-14-19;/h6-11,13-14,16-17H,3-5,12H2,1-2H3;/q-2;+2. The predicted octanol–water partition coefficient (Wildman–Crippen LogP) is 6.25. The maximum absolute atomic E-state index is 3.61. The summed E-state index contributed by atoms with van der Waals surface area (Å²) in [7, 11) is 0. The molecule has 0 N–H and O–H groups in total. The second-order valence-electron chi connectivity index (χ2n) is 5.39. The zero-order valence-corrected chi connectivity index (χ0v) is 16.6. The van der Waals surface area contributed by atoms with Gasteiger partial charge >= 0.3 is 26.2 Å². The summed E-state index contributed by atoms with van der Waals surface area (Å²) in [6.45, 7) is 4.42. The Morgan fingerprint density at radius 1 is 0.826 bits per heavy atom. The molecule has 0 spiro atoms. The van der Waals surface area contributed by atoms with Gasteiger partial charge in [0.15, 0.2) is 0 Å². The Bertz CT molecular complexity index is 609. The second-order valence-corrected chi connectivity index (χ2v) is 5.39. The first kappa shape index (κ1) is 19.8.